The Kier molecular flexibility index (Phi) is 4.85. The van der Waals surface area contributed by atoms with Crippen LogP contribution >= 0.6 is 15.9 Å². The zero-order valence-corrected chi connectivity index (χ0v) is 13.6. The van der Waals surface area contributed by atoms with Crippen molar-refractivity contribution < 1.29 is 14.3 Å². The number of rotatable bonds is 5. The molecular formula is C14H16BrN3O3. The van der Waals surface area contributed by atoms with Gasteiger partial charge < -0.3 is 14.8 Å². The number of nitrogens with zero attached hydrogens (tertiary/aromatic N) is 1. The van der Waals surface area contributed by atoms with Crippen molar-refractivity contribution in [3.63, 3.8) is 0 Å². The molecule has 21 heavy (non-hydrogen) atoms. The van der Waals surface area contributed by atoms with Crippen molar-refractivity contribution in [3.8, 4) is 11.5 Å². The molecule has 0 aliphatic rings. The largest absolute Gasteiger partial charge is 0.497 e. The van der Waals surface area contributed by atoms with E-state index in [1.165, 1.54) is 14.2 Å². The molecule has 0 saturated heterocycles. The third kappa shape index (κ3) is 3.36. The molecule has 0 atom stereocenters. The number of benzene rings is 1. The molecular weight excluding hydrogens is 338 g/mol. The number of halogens is 1. The number of H-pyrrole nitrogens is 1. The average molecular weight is 354 g/mol. The number of hydrogen-bond acceptors (Lipinski definition) is 4. The van der Waals surface area contributed by atoms with Crippen LogP contribution in [0.4, 0.5) is 5.82 Å². The molecule has 6 nitrogen and oxygen atoms in total. The third-order valence-electron chi connectivity index (χ3n) is 2.95. The number of amides is 1. The first-order valence-corrected chi connectivity index (χ1v) is 7.15. The lowest BCUT2D eigenvalue weighted by Crippen LogP contribution is -2.14. The summed E-state index contributed by atoms with van der Waals surface area (Å²) in [6, 6.07) is 5.14. The van der Waals surface area contributed by atoms with Crippen LogP contribution in [0.15, 0.2) is 22.7 Å². The SMILES string of the molecule is CCc1cc(NC(=O)c2cc(OC)cc(Br)c2OC)n[nH]1. The van der Waals surface area contributed by atoms with Gasteiger partial charge >= 0.3 is 0 Å². The van der Waals surface area contributed by atoms with E-state index in [4.69, 9.17) is 9.47 Å². The summed E-state index contributed by atoms with van der Waals surface area (Å²) >= 11 is 3.36. The van der Waals surface area contributed by atoms with E-state index >= 15 is 0 Å². The molecule has 2 aromatic rings. The molecule has 1 amide bonds. The minimum atomic E-state index is -0.319. The van der Waals surface area contributed by atoms with Crippen molar-refractivity contribution in [2.75, 3.05) is 19.5 Å². The van der Waals surface area contributed by atoms with Crippen molar-refractivity contribution in [3.05, 3.63) is 33.9 Å². The number of anilines is 1. The molecule has 0 radical (unpaired) electrons. The molecule has 1 aromatic carbocycles. The maximum absolute atomic E-state index is 12.4. The molecule has 7 heteroatoms. The highest BCUT2D eigenvalue weighted by Crippen LogP contribution is 2.33. The minimum Gasteiger partial charge on any atom is -0.497 e. The topological polar surface area (TPSA) is 76.2 Å². The summed E-state index contributed by atoms with van der Waals surface area (Å²) in [6.07, 6.45) is 0.816. The molecule has 2 rings (SSSR count). The van der Waals surface area contributed by atoms with E-state index in [0.717, 1.165) is 12.1 Å². The summed E-state index contributed by atoms with van der Waals surface area (Å²) in [5.41, 5.74) is 1.31. The first-order chi connectivity index (χ1) is 10.1. The fourth-order valence-corrected chi connectivity index (χ4v) is 2.45. The Morgan fingerprint density at radius 2 is 2.10 bits per heavy atom. The molecule has 2 N–H and O–H groups in total. The zero-order valence-electron chi connectivity index (χ0n) is 12.0. The van der Waals surface area contributed by atoms with Gasteiger partial charge in [0.15, 0.2) is 5.82 Å². The van der Waals surface area contributed by atoms with Crippen molar-refractivity contribution in [2.24, 2.45) is 0 Å². The van der Waals surface area contributed by atoms with Gasteiger partial charge in [-0.15, -0.1) is 0 Å². The lowest BCUT2D eigenvalue weighted by atomic mass is 10.1. The van der Waals surface area contributed by atoms with Gasteiger partial charge in [-0.05, 0) is 34.5 Å². The zero-order chi connectivity index (χ0) is 15.4. The predicted octanol–water partition coefficient (Wildman–Crippen LogP) is 3.00. The second kappa shape index (κ2) is 6.62. The van der Waals surface area contributed by atoms with Crippen LogP contribution in [0.5, 0.6) is 11.5 Å². The summed E-state index contributed by atoms with van der Waals surface area (Å²) in [6.45, 7) is 2.00. The van der Waals surface area contributed by atoms with Crippen molar-refractivity contribution >= 4 is 27.7 Å². The van der Waals surface area contributed by atoms with Crippen LogP contribution in [-0.2, 0) is 6.42 Å². The molecule has 112 valence electrons. The molecule has 0 aliphatic heterocycles. The summed E-state index contributed by atoms with van der Waals surface area (Å²) in [4.78, 5) is 12.4. The number of nitrogens with one attached hydrogen (secondary N) is 2. The fraction of sp³-hybridized carbons (Fsp3) is 0.286. The number of carbonyl (C=O) groups is 1. The number of aromatic nitrogens is 2. The molecule has 0 unspecified atom stereocenters. The molecule has 0 bridgehead atoms. The van der Waals surface area contributed by atoms with Gasteiger partial charge in [0, 0.05) is 11.8 Å². The van der Waals surface area contributed by atoms with Gasteiger partial charge in [-0.3, -0.25) is 9.89 Å². The van der Waals surface area contributed by atoms with Crippen LogP contribution < -0.4 is 14.8 Å². The number of carbonyl (C=O) groups excluding carboxylic acids is 1. The van der Waals surface area contributed by atoms with E-state index in [2.05, 4.69) is 31.4 Å². The maximum atomic E-state index is 12.4. The molecule has 0 saturated carbocycles. The molecule has 0 spiro atoms. The lowest BCUT2D eigenvalue weighted by molar-refractivity contribution is 0.102. The van der Waals surface area contributed by atoms with E-state index in [1.54, 1.807) is 18.2 Å². The molecule has 1 aromatic heterocycles. The first kappa shape index (κ1) is 15.4. The number of ether oxygens (including phenoxy) is 2. The Morgan fingerprint density at radius 1 is 1.33 bits per heavy atom. The molecule has 0 fully saturated rings. The van der Waals surface area contributed by atoms with E-state index in [-0.39, 0.29) is 5.91 Å². The first-order valence-electron chi connectivity index (χ1n) is 6.36. The van der Waals surface area contributed by atoms with Gasteiger partial charge in [-0.2, -0.15) is 5.10 Å². The Labute approximate surface area is 131 Å². The second-order valence-corrected chi connectivity index (χ2v) is 5.13. The van der Waals surface area contributed by atoms with Gasteiger partial charge in [-0.25, -0.2) is 0 Å². The number of aromatic amines is 1. The van der Waals surface area contributed by atoms with E-state index in [9.17, 15) is 4.79 Å². The Bertz CT molecular complexity index is 655. The number of aryl methyl sites for hydroxylation is 1. The smallest absolute Gasteiger partial charge is 0.260 e. The summed E-state index contributed by atoms with van der Waals surface area (Å²) < 4.78 is 11.1. The monoisotopic (exact) mass is 353 g/mol. The molecule has 1 heterocycles. The van der Waals surface area contributed by atoms with Gasteiger partial charge in [0.05, 0.1) is 24.3 Å². The van der Waals surface area contributed by atoms with Gasteiger partial charge in [0.2, 0.25) is 0 Å². The van der Waals surface area contributed by atoms with Crippen LogP contribution in [0.3, 0.4) is 0 Å². The lowest BCUT2D eigenvalue weighted by Gasteiger charge is -2.12. The van der Waals surface area contributed by atoms with E-state index in [0.29, 0.717) is 27.4 Å². The van der Waals surface area contributed by atoms with Crippen molar-refractivity contribution in [1.82, 2.24) is 10.2 Å². The minimum absolute atomic E-state index is 0.319. The number of hydrogen-bond donors (Lipinski definition) is 2. The summed E-state index contributed by atoms with van der Waals surface area (Å²) in [5.74, 6) is 1.15. The normalized spacial score (nSPS) is 10.3. The van der Waals surface area contributed by atoms with Crippen LogP contribution in [0.2, 0.25) is 0 Å². The van der Waals surface area contributed by atoms with E-state index < -0.39 is 0 Å². The summed E-state index contributed by atoms with van der Waals surface area (Å²) in [5, 5.41) is 9.61. The average Bonchev–Trinajstić information content (AvgIpc) is 2.93. The quantitative estimate of drug-likeness (QED) is 0.866. The molecule has 0 aliphatic carbocycles. The number of methoxy groups -OCH3 is 2. The van der Waals surface area contributed by atoms with E-state index in [1.807, 2.05) is 6.92 Å². The third-order valence-corrected chi connectivity index (χ3v) is 3.54. The Balaban J connectivity index is 2.31. The fourth-order valence-electron chi connectivity index (χ4n) is 1.85. The highest BCUT2D eigenvalue weighted by molar-refractivity contribution is 9.10. The van der Waals surface area contributed by atoms with Gasteiger partial charge in [0.1, 0.15) is 11.5 Å². The van der Waals surface area contributed by atoms with Crippen LogP contribution in [0, 0.1) is 0 Å². The predicted molar refractivity (Wildman–Crippen MR) is 83.2 cm³/mol. The van der Waals surface area contributed by atoms with Crippen LogP contribution in [0.1, 0.15) is 23.0 Å². The van der Waals surface area contributed by atoms with Crippen LogP contribution in [-0.4, -0.2) is 30.3 Å². The Hall–Kier alpha value is -2.02. The van der Waals surface area contributed by atoms with Gasteiger partial charge in [0.25, 0.3) is 5.91 Å². The maximum Gasteiger partial charge on any atom is 0.260 e. The van der Waals surface area contributed by atoms with Crippen molar-refractivity contribution in [2.45, 2.75) is 13.3 Å². The summed E-state index contributed by atoms with van der Waals surface area (Å²) in [7, 11) is 3.05. The van der Waals surface area contributed by atoms with Crippen molar-refractivity contribution in [1.29, 1.82) is 0 Å². The highest BCUT2D eigenvalue weighted by Gasteiger charge is 2.18. The Morgan fingerprint density at radius 3 is 2.67 bits per heavy atom. The highest BCUT2D eigenvalue weighted by atomic mass is 79.9. The van der Waals surface area contributed by atoms with Gasteiger partial charge in [-0.1, -0.05) is 6.92 Å². The second-order valence-electron chi connectivity index (χ2n) is 4.28. The van der Waals surface area contributed by atoms with Crippen LogP contribution in [0.25, 0.3) is 0 Å². The standard InChI is InChI=1S/C14H16BrN3O3/c1-4-8-5-12(18-17-8)16-14(19)10-6-9(20-2)7-11(15)13(10)21-3/h5-7H,4H2,1-3H3,(H2,16,17,18,19).